The molecule has 1 aromatic heterocycles. The number of likely N-dealkylation sites (tertiary alicyclic amines) is 1. The van der Waals surface area contributed by atoms with Gasteiger partial charge in [0.2, 0.25) is 0 Å². The van der Waals surface area contributed by atoms with E-state index < -0.39 is 12.0 Å². The lowest BCUT2D eigenvalue weighted by molar-refractivity contribution is -0.139. The average molecular weight is 347 g/mol. The number of carbonyl (C=O) groups is 2. The molecule has 0 spiro atoms. The molecule has 2 atom stereocenters. The lowest BCUT2D eigenvalue weighted by Crippen LogP contribution is -2.49. The summed E-state index contributed by atoms with van der Waals surface area (Å²) in [5, 5.41) is 5.57. The normalized spacial score (nSPS) is 24.6. The molecule has 0 saturated carbocycles. The van der Waals surface area contributed by atoms with E-state index in [2.05, 4.69) is 22.5 Å². The van der Waals surface area contributed by atoms with Crippen LogP contribution in [0.4, 0.5) is 4.79 Å². The van der Waals surface area contributed by atoms with Crippen molar-refractivity contribution in [1.29, 1.82) is 0 Å². The number of furan rings is 1. The van der Waals surface area contributed by atoms with Crippen molar-refractivity contribution in [2.75, 3.05) is 26.2 Å². The van der Waals surface area contributed by atoms with E-state index in [1.807, 2.05) is 0 Å². The molecule has 0 radical (unpaired) electrons. The summed E-state index contributed by atoms with van der Waals surface area (Å²) in [5.41, 5.74) is 1.01. The molecular weight excluding hydrogens is 322 g/mol. The zero-order chi connectivity index (χ0) is 17.8. The fraction of sp³-hybridized carbons (Fsp3) is 0.556. The van der Waals surface area contributed by atoms with Crippen LogP contribution in [0.25, 0.3) is 0 Å². The molecule has 1 saturated heterocycles. The molecule has 2 amide bonds. The molecule has 7 nitrogen and oxygen atoms in total. The highest BCUT2D eigenvalue weighted by molar-refractivity contribution is 5.95. The molecule has 25 heavy (non-hydrogen) atoms. The Bertz CT molecular complexity index is 653. The molecule has 0 unspecified atom stereocenters. The Kier molecular flexibility index (Phi) is 5.43. The number of amides is 2. The van der Waals surface area contributed by atoms with E-state index in [-0.39, 0.29) is 12.6 Å². The number of piperidine rings is 1. The molecule has 2 aliphatic heterocycles. The minimum absolute atomic E-state index is 0.273. The predicted octanol–water partition coefficient (Wildman–Crippen LogP) is 2.18. The van der Waals surface area contributed by atoms with Gasteiger partial charge in [-0.15, -0.1) is 0 Å². The van der Waals surface area contributed by atoms with Gasteiger partial charge in [0.1, 0.15) is 11.8 Å². The van der Waals surface area contributed by atoms with Crippen molar-refractivity contribution < 1.29 is 18.7 Å². The van der Waals surface area contributed by atoms with Crippen LogP contribution in [0.1, 0.15) is 38.5 Å². The van der Waals surface area contributed by atoms with E-state index >= 15 is 0 Å². The second-order valence-corrected chi connectivity index (χ2v) is 6.64. The maximum atomic E-state index is 12.6. The SMILES string of the molecule is CCOC(=O)C1=C(CN2CCC[C@H](C)C2)NC(=O)N[C@H]1c1ccco1. The van der Waals surface area contributed by atoms with Gasteiger partial charge in [-0.25, -0.2) is 9.59 Å². The van der Waals surface area contributed by atoms with Gasteiger partial charge in [0.05, 0.1) is 18.4 Å². The lowest BCUT2D eigenvalue weighted by atomic mass is 9.97. The molecule has 3 heterocycles. The van der Waals surface area contributed by atoms with Crippen LogP contribution in [0.15, 0.2) is 34.1 Å². The molecule has 0 bridgehead atoms. The summed E-state index contributed by atoms with van der Waals surface area (Å²) < 4.78 is 10.7. The molecule has 0 aromatic carbocycles. The number of hydrogen-bond acceptors (Lipinski definition) is 5. The standard InChI is InChI=1S/C18H25N3O4/c1-3-24-17(22)15-13(11-21-8-4-6-12(2)10-21)19-18(23)20-16(15)14-7-5-9-25-14/h5,7,9,12,16H,3-4,6,8,10-11H2,1-2H3,(H2,19,20,23)/t12-,16-/m0/s1. The van der Waals surface area contributed by atoms with Gasteiger partial charge in [0.25, 0.3) is 0 Å². The number of esters is 1. The van der Waals surface area contributed by atoms with Gasteiger partial charge >= 0.3 is 12.0 Å². The predicted molar refractivity (Wildman–Crippen MR) is 91.6 cm³/mol. The highest BCUT2D eigenvalue weighted by Gasteiger charge is 2.36. The van der Waals surface area contributed by atoms with Crippen LogP contribution in [-0.2, 0) is 9.53 Å². The molecule has 0 aliphatic carbocycles. The topological polar surface area (TPSA) is 83.8 Å². The van der Waals surface area contributed by atoms with E-state index in [0.717, 1.165) is 19.5 Å². The molecule has 1 aromatic rings. The van der Waals surface area contributed by atoms with E-state index in [0.29, 0.717) is 29.5 Å². The molecule has 2 N–H and O–H groups in total. The third-order valence-electron chi connectivity index (χ3n) is 4.60. The fourth-order valence-electron chi connectivity index (χ4n) is 3.52. The maximum absolute atomic E-state index is 12.6. The van der Waals surface area contributed by atoms with Crippen molar-refractivity contribution in [1.82, 2.24) is 15.5 Å². The smallest absolute Gasteiger partial charge is 0.338 e. The molecule has 1 fully saturated rings. The first-order chi connectivity index (χ1) is 12.1. The Morgan fingerprint density at radius 3 is 3.00 bits per heavy atom. The number of rotatable bonds is 5. The second-order valence-electron chi connectivity index (χ2n) is 6.64. The van der Waals surface area contributed by atoms with Crippen molar-refractivity contribution >= 4 is 12.0 Å². The number of nitrogens with zero attached hydrogens (tertiary/aromatic N) is 1. The number of hydrogen-bond donors (Lipinski definition) is 2. The lowest BCUT2D eigenvalue weighted by Gasteiger charge is -2.34. The van der Waals surface area contributed by atoms with Crippen molar-refractivity contribution in [3.63, 3.8) is 0 Å². The second kappa shape index (κ2) is 7.74. The Balaban J connectivity index is 1.93. The monoisotopic (exact) mass is 347 g/mol. The van der Waals surface area contributed by atoms with Crippen molar-refractivity contribution in [3.8, 4) is 0 Å². The zero-order valence-corrected chi connectivity index (χ0v) is 14.7. The first-order valence-corrected chi connectivity index (χ1v) is 8.82. The number of nitrogens with one attached hydrogen (secondary N) is 2. The first kappa shape index (κ1) is 17.5. The van der Waals surface area contributed by atoms with Gasteiger partial charge < -0.3 is 19.8 Å². The van der Waals surface area contributed by atoms with Gasteiger partial charge in [0.15, 0.2) is 0 Å². The molecular formula is C18H25N3O4. The van der Waals surface area contributed by atoms with Gasteiger partial charge in [-0.3, -0.25) is 4.90 Å². The molecule has 7 heteroatoms. The van der Waals surface area contributed by atoms with Gasteiger partial charge in [-0.05, 0) is 44.4 Å². The Morgan fingerprint density at radius 1 is 1.48 bits per heavy atom. The van der Waals surface area contributed by atoms with Crippen LogP contribution in [0.2, 0.25) is 0 Å². The molecule has 3 rings (SSSR count). The summed E-state index contributed by atoms with van der Waals surface area (Å²) in [4.78, 5) is 27.0. The number of ether oxygens (including phenoxy) is 1. The Morgan fingerprint density at radius 2 is 2.32 bits per heavy atom. The largest absolute Gasteiger partial charge is 0.467 e. The van der Waals surface area contributed by atoms with E-state index in [4.69, 9.17) is 9.15 Å². The molecule has 2 aliphatic rings. The van der Waals surface area contributed by atoms with Crippen molar-refractivity contribution in [2.45, 2.75) is 32.7 Å². The van der Waals surface area contributed by atoms with Crippen LogP contribution < -0.4 is 10.6 Å². The van der Waals surface area contributed by atoms with Gasteiger partial charge in [0, 0.05) is 18.8 Å². The van der Waals surface area contributed by atoms with E-state index in [9.17, 15) is 9.59 Å². The maximum Gasteiger partial charge on any atom is 0.338 e. The number of carbonyl (C=O) groups excluding carboxylic acids is 2. The summed E-state index contributed by atoms with van der Waals surface area (Å²) in [5.74, 6) is 0.692. The van der Waals surface area contributed by atoms with Gasteiger partial charge in [-0.1, -0.05) is 6.92 Å². The van der Waals surface area contributed by atoms with Crippen LogP contribution in [0, 0.1) is 5.92 Å². The summed E-state index contributed by atoms with van der Waals surface area (Å²) in [7, 11) is 0. The van der Waals surface area contributed by atoms with Crippen molar-refractivity contribution in [2.24, 2.45) is 5.92 Å². The highest BCUT2D eigenvalue weighted by atomic mass is 16.5. The van der Waals surface area contributed by atoms with Crippen LogP contribution in [0.3, 0.4) is 0 Å². The Hall–Kier alpha value is -2.28. The third-order valence-corrected chi connectivity index (χ3v) is 4.60. The van der Waals surface area contributed by atoms with Gasteiger partial charge in [-0.2, -0.15) is 0 Å². The number of urea groups is 1. The van der Waals surface area contributed by atoms with Crippen LogP contribution in [0.5, 0.6) is 0 Å². The van der Waals surface area contributed by atoms with E-state index in [1.54, 1.807) is 19.1 Å². The summed E-state index contributed by atoms with van der Waals surface area (Å²) in [6.07, 6.45) is 3.86. The first-order valence-electron chi connectivity index (χ1n) is 8.82. The van der Waals surface area contributed by atoms with E-state index in [1.165, 1.54) is 12.7 Å². The van der Waals surface area contributed by atoms with Crippen LogP contribution >= 0.6 is 0 Å². The quantitative estimate of drug-likeness (QED) is 0.798. The summed E-state index contributed by atoms with van der Waals surface area (Å²) in [6.45, 7) is 6.69. The van der Waals surface area contributed by atoms with Crippen molar-refractivity contribution in [3.05, 3.63) is 35.4 Å². The minimum atomic E-state index is -0.639. The fourth-order valence-corrected chi connectivity index (χ4v) is 3.52. The Labute approximate surface area is 147 Å². The zero-order valence-electron chi connectivity index (χ0n) is 14.7. The highest BCUT2D eigenvalue weighted by Crippen LogP contribution is 2.29. The summed E-state index contributed by atoms with van der Waals surface area (Å²) >= 11 is 0. The third kappa shape index (κ3) is 4.04. The summed E-state index contributed by atoms with van der Waals surface area (Å²) in [6, 6.07) is 2.50. The molecule has 136 valence electrons. The average Bonchev–Trinajstić information content (AvgIpc) is 3.09. The minimum Gasteiger partial charge on any atom is -0.467 e. The van der Waals surface area contributed by atoms with Crippen LogP contribution in [-0.4, -0.2) is 43.1 Å².